The molecule has 0 aliphatic heterocycles. The molecular weight excluding hydrogens is 220 g/mol. The Morgan fingerprint density at radius 3 is 2.53 bits per heavy atom. The summed E-state index contributed by atoms with van der Waals surface area (Å²) in [6.45, 7) is -0.486. The highest BCUT2D eigenvalue weighted by atomic mass is 32.2. The van der Waals surface area contributed by atoms with Crippen molar-refractivity contribution >= 4 is 15.8 Å². The molecule has 0 spiro atoms. The quantitative estimate of drug-likeness (QED) is 0.768. The van der Waals surface area contributed by atoms with Gasteiger partial charge in [-0.05, 0) is 18.2 Å². The van der Waals surface area contributed by atoms with Crippen molar-refractivity contribution in [3.8, 4) is 0 Å². The molecule has 0 bridgehead atoms. The summed E-state index contributed by atoms with van der Waals surface area (Å²) in [7, 11) is -3.58. The van der Waals surface area contributed by atoms with E-state index in [1.807, 2.05) is 0 Å². The molecule has 82 valence electrons. The van der Waals surface area contributed by atoms with Crippen LogP contribution >= 0.6 is 0 Å². The predicted octanol–water partition coefficient (Wildman–Crippen LogP) is 0.151. The van der Waals surface area contributed by atoms with Crippen LogP contribution in [0.25, 0.3) is 0 Å². The first-order valence-electron chi connectivity index (χ1n) is 4.14. The van der Waals surface area contributed by atoms with Crippen LogP contribution in [0.4, 0.5) is 0 Å². The maximum Gasteiger partial charge on any atom is 0.335 e. The largest absolute Gasteiger partial charge is 0.478 e. The van der Waals surface area contributed by atoms with Crippen molar-refractivity contribution in [2.75, 3.05) is 12.4 Å². The molecule has 0 radical (unpaired) electrons. The van der Waals surface area contributed by atoms with Crippen LogP contribution < -0.4 is 0 Å². The van der Waals surface area contributed by atoms with Gasteiger partial charge in [-0.15, -0.1) is 0 Å². The van der Waals surface area contributed by atoms with Crippen molar-refractivity contribution in [2.45, 2.75) is 4.90 Å². The van der Waals surface area contributed by atoms with Crippen LogP contribution in [0.15, 0.2) is 29.2 Å². The van der Waals surface area contributed by atoms with Crippen molar-refractivity contribution < 1.29 is 23.4 Å². The molecule has 0 saturated heterocycles. The highest BCUT2D eigenvalue weighted by Gasteiger charge is 2.15. The van der Waals surface area contributed by atoms with Gasteiger partial charge in [-0.25, -0.2) is 13.2 Å². The minimum absolute atomic E-state index is 0.0866. The second-order valence-electron chi connectivity index (χ2n) is 2.88. The average Bonchev–Trinajstić information content (AvgIpc) is 2.18. The molecule has 1 rings (SSSR count). The number of hydrogen-bond acceptors (Lipinski definition) is 4. The summed E-state index contributed by atoms with van der Waals surface area (Å²) in [5.74, 6) is -1.59. The Labute approximate surface area is 86.9 Å². The highest BCUT2D eigenvalue weighted by Crippen LogP contribution is 2.13. The van der Waals surface area contributed by atoms with Crippen LogP contribution in [-0.2, 0) is 9.84 Å². The van der Waals surface area contributed by atoms with Gasteiger partial charge in [0.05, 0.1) is 22.8 Å². The Kier molecular flexibility index (Phi) is 3.43. The number of carboxylic acids is 1. The van der Waals surface area contributed by atoms with Gasteiger partial charge in [0.1, 0.15) is 0 Å². The van der Waals surface area contributed by atoms with Crippen LogP contribution in [0.5, 0.6) is 0 Å². The van der Waals surface area contributed by atoms with E-state index in [-0.39, 0.29) is 10.5 Å². The minimum atomic E-state index is -3.58. The van der Waals surface area contributed by atoms with Crippen molar-refractivity contribution in [2.24, 2.45) is 0 Å². The van der Waals surface area contributed by atoms with Crippen molar-refractivity contribution in [1.82, 2.24) is 0 Å². The zero-order valence-corrected chi connectivity index (χ0v) is 8.57. The molecule has 1 aromatic rings. The van der Waals surface area contributed by atoms with Crippen molar-refractivity contribution in [3.05, 3.63) is 29.8 Å². The van der Waals surface area contributed by atoms with Gasteiger partial charge in [0.2, 0.25) is 0 Å². The van der Waals surface area contributed by atoms with Gasteiger partial charge in [-0.1, -0.05) is 6.07 Å². The minimum Gasteiger partial charge on any atom is -0.478 e. The Hall–Kier alpha value is -1.40. The maximum absolute atomic E-state index is 11.5. The van der Waals surface area contributed by atoms with Crippen molar-refractivity contribution in [3.63, 3.8) is 0 Å². The zero-order chi connectivity index (χ0) is 11.5. The van der Waals surface area contributed by atoms with Crippen LogP contribution in [0.3, 0.4) is 0 Å². The molecule has 0 unspecified atom stereocenters. The van der Waals surface area contributed by atoms with Gasteiger partial charge in [0, 0.05) is 0 Å². The molecule has 1 aromatic carbocycles. The molecule has 15 heavy (non-hydrogen) atoms. The first kappa shape index (κ1) is 11.7. The Bertz CT molecular complexity index is 463. The fraction of sp³-hybridized carbons (Fsp3) is 0.222. The molecule has 0 aromatic heterocycles. The zero-order valence-electron chi connectivity index (χ0n) is 7.75. The third-order valence-corrected chi connectivity index (χ3v) is 3.49. The lowest BCUT2D eigenvalue weighted by Gasteiger charge is -2.02. The molecular formula is C9H10O5S. The molecule has 0 fully saturated rings. The topological polar surface area (TPSA) is 91.7 Å². The number of hydrogen-bond donors (Lipinski definition) is 2. The summed E-state index contributed by atoms with van der Waals surface area (Å²) in [6, 6.07) is 5.04. The van der Waals surface area contributed by atoms with Crippen LogP contribution in [0.2, 0.25) is 0 Å². The van der Waals surface area contributed by atoms with Gasteiger partial charge < -0.3 is 10.2 Å². The van der Waals surface area contributed by atoms with Gasteiger partial charge in [-0.3, -0.25) is 0 Å². The van der Waals surface area contributed by atoms with E-state index < -0.39 is 28.2 Å². The maximum atomic E-state index is 11.5. The van der Waals surface area contributed by atoms with E-state index in [2.05, 4.69) is 0 Å². The third-order valence-electron chi connectivity index (χ3n) is 1.80. The normalized spacial score (nSPS) is 11.3. The predicted molar refractivity (Wildman–Crippen MR) is 52.5 cm³/mol. The number of benzene rings is 1. The summed E-state index contributed by atoms with van der Waals surface area (Å²) >= 11 is 0. The fourth-order valence-corrected chi connectivity index (χ4v) is 2.13. The van der Waals surface area contributed by atoms with Crippen LogP contribution in [-0.4, -0.2) is 37.0 Å². The van der Waals surface area contributed by atoms with E-state index in [4.69, 9.17) is 10.2 Å². The SMILES string of the molecule is O=C(O)c1cccc(S(=O)(=O)CCO)c1. The Balaban J connectivity index is 3.16. The monoisotopic (exact) mass is 230 g/mol. The molecule has 0 saturated carbocycles. The molecule has 2 N–H and O–H groups in total. The first-order chi connectivity index (χ1) is 6.97. The van der Waals surface area contributed by atoms with E-state index in [0.29, 0.717) is 0 Å². The van der Waals surface area contributed by atoms with Gasteiger partial charge >= 0.3 is 5.97 Å². The van der Waals surface area contributed by atoms with Gasteiger partial charge in [-0.2, -0.15) is 0 Å². The number of aliphatic hydroxyl groups excluding tert-OH is 1. The third kappa shape index (κ3) is 2.77. The Morgan fingerprint density at radius 2 is 2.00 bits per heavy atom. The molecule has 5 nitrogen and oxygen atoms in total. The van der Waals surface area contributed by atoms with Crippen molar-refractivity contribution in [1.29, 1.82) is 0 Å². The van der Waals surface area contributed by atoms with Crippen LogP contribution in [0, 0.1) is 0 Å². The molecule has 0 atom stereocenters. The molecule has 6 heteroatoms. The number of aliphatic hydroxyl groups is 1. The summed E-state index contributed by atoms with van der Waals surface area (Å²) in [5, 5.41) is 17.2. The lowest BCUT2D eigenvalue weighted by molar-refractivity contribution is 0.0696. The van der Waals surface area contributed by atoms with E-state index in [9.17, 15) is 13.2 Å². The number of sulfone groups is 1. The van der Waals surface area contributed by atoms with E-state index >= 15 is 0 Å². The van der Waals surface area contributed by atoms with E-state index in [1.54, 1.807) is 0 Å². The lowest BCUT2D eigenvalue weighted by atomic mass is 10.2. The smallest absolute Gasteiger partial charge is 0.335 e. The number of aromatic carboxylic acids is 1. The molecule has 0 aliphatic carbocycles. The summed E-state index contributed by atoms with van der Waals surface area (Å²) < 4.78 is 22.9. The summed E-state index contributed by atoms with van der Waals surface area (Å²) in [4.78, 5) is 10.5. The molecule has 0 aliphatic rings. The number of rotatable bonds is 4. The van der Waals surface area contributed by atoms with Gasteiger partial charge in [0.25, 0.3) is 0 Å². The summed E-state index contributed by atoms with van der Waals surface area (Å²) in [6.07, 6.45) is 0. The highest BCUT2D eigenvalue weighted by molar-refractivity contribution is 7.91. The lowest BCUT2D eigenvalue weighted by Crippen LogP contribution is -2.10. The molecule has 0 heterocycles. The van der Waals surface area contributed by atoms with E-state index in [1.165, 1.54) is 18.2 Å². The number of carboxylic acid groups (broad SMARTS) is 1. The van der Waals surface area contributed by atoms with Crippen LogP contribution in [0.1, 0.15) is 10.4 Å². The second kappa shape index (κ2) is 4.41. The summed E-state index contributed by atoms with van der Waals surface area (Å²) in [5.41, 5.74) is -0.0889. The van der Waals surface area contributed by atoms with E-state index in [0.717, 1.165) is 6.07 Å². The number of carbonyl (C=O) groups is 1. The standard InChI is InChI=1S/C9H10O5S/c10-4-5-15(13,14)8-3-1-2-7(6-8)9(11)12/h1-3,6,10H,4-5H2,(H,11,12). The fourth-order valence-electron chi connectivity index (χ4n) is 1.06. The second-order valence-corrected chi connectivity index (χ2v) is 4.98. The average molecular weight is 230 g/mol. The molecule has 0 amide bonds. The first-order valence-corrected chi connectivity index (χ1v) is 5.79. The Morgan fingerprint density at radius 1 is 1.33 bits per heavy atom. The van der Waals surface area contributed by atoms with Gasteiger partial charge in [0.15, 0.2) is 9.84 Å².